The summed E-state index contributed by atoms with van der Waals surface area (Å²) in [5.74, 6) is 0.0496. The molecule has 1 amide bonds. The topological polar surface area (TPSA) is 149 Å². The van der Waals surface area contributed by atoms with Gasteiger partial charge in [0.2, 0.25) is 26.0 Å². The summed E-state index contributed by atoms with van der Waals surface area (Å²) in [6, 6.07) is 14.7. The van der Waals surface area contributed by atoms with Gasteiger partial charge in [-0.05, 0) is 60.2 Å². The molecule has 0 spiro atoms. The SMILES string of the molecule is NS(=O)(=O)c1ccc(NC(=O)C=Cc2ccc(S(=O)(=O)NCc3ccco3)cc2)cc1. The third kappa shape index (κ3) is 6.36. The Hall–Kier alpha value is -3.25. The van der Waals surface area contributed by atoms with E-state index >= 15 is 0 Å². The quantitative estimate of drug-likeness (QED) is 0.437. The lowest BCUT2D eigenvalue weighted by Gasteiger charge is -2.06. The maximum atomic E-state index is 12.3. The molecule has 1 heterocycles. The highest BCUT2D eigenvalue weighted by atomic mass is 32.2. The number of nitrogens with two attached hydrogens (primary N) is 1. The first-order valence-corrected chi connectivity index (χ1v) is 11.9. The zero-order valence-corrected chi connectivity index (χ0v) is 17.7. The molecule has 4 N–H and O–H groups in total. The minimum absolute atomic E-state index is 0.0371. The number of hydrogen-bond acceptors (Lipinski definition) is 6. The molecular weight excluding hydrogens is 442 g/mol. The molecule has 0 radical (unpaired) electrons. The normalized spacial score (nSPS) is 12.2. The summed E-state index contributed by atoms with van der Waals surface area (Å²) >= 11 is 0. The summed E-state index contributed by atoms with van der Waals surface area (Å²) in [5, 5.41) is 7.60. The molecule has 0 saturated carbocycles. The molecule has 11 heteroatoms. The highest BCUT2D eigenvalue weighted by molar-refractivity contribution is 7.89. The van der Waals surface area contributed by atoms with Crippen LogP contribution in [0.3, 0.4) is 0 Å². The van der Waals surface area contributed by atoms with Crippen molar-refractivity contribution >= 4 is 37.7 Å². The van der Waals surface area contributed by atoms with E-state index < -0.39 is 26.0 Å². The van der Waals surface area contributed by atoms with Gasteiger partial charge in [0.05, 0.1) is 22.6 Å². The van der Waals surface area contributed by atoms with Crippen molar-refractivity contribution in [1.82, 2.24) is 4.72 Å². The van der Waals surface area contributed by atoms with Gasteiger partial charge in [0.25, 0.3) is 0 Å². The van der Waals surface area contributed by atoms with E-state index in [-0.39, 0.29) is 16.3 Å². The van der Waals surface area contributed by atoms with Gasteiger partial charge in [-0.15, -0.1) is 0 Å². The van der Waals surface area contributed by atoms with Crippen molar-refractivity contribution in [2.45, 2.75) is 16.3 Å². The molecule has 0 saturated heterocycles. The predicted molar refractivity (Wildman–Crippen MR) is 115 cm³/mol. The molecule has 0 unspecified atom stereocenters. The van der Waals surface area contributed by atoms with Crippen LogP contribution in [0.2, 0.25) is 0 Å². The predicted octanol–water partition coefficient (Wildman–Crippen LogP) is 2.06. The van der Waals surface area contributed by atoms with E-state index in [1.807, 2.05) is 0 Å². The first kappa shape index (κ1) is 22.4. The number of carbonyl (C=O) groups is 1. The largest absolute Gasteiger partial charge is 0.468 e. The number of furan rings is 1. The Balaban J connectivity index is 1.59. The summed E-state index contributed by atoms with van der Waals surface area (Å²) in [6.07, 6.45) is 4.24. The summed E-state index contributed by atoms with van der Waals surface area (Å²) < 4.78 is 54.6. The average molecular weight is 462 g/mol. The third-order valence-corrected chi connectivity index (χ3v) is 6.43. The molecular formula is C20H19N3O6S2. The standard InChI is InChI=1S/C20H19N3O6S2/c21-30(25,26)18-10-6-16(7-11-18)23-20(24)12-5-15-3-8-19(9-4-15)31(27,28)22-14-17-2-1-13-29-17/h1-13,22H,14H2,(H,23,24)(H2,21,25,26). The molecule has 0 aliphatic rings. The van der Waals surface area contributed by atoms with Gasteiger partial charge in [-0.25, -0.2) is 26.7 Å². The third-order valence-electron chi connectivity index (χ3n) is 4.08. The van der Waals surface area contributed by atoms with Gasteiger partial charge in [-0.3, -0.25) is 4.79 Å². The molecule has 162 valence electrons. The van der Waals surface area contributed by atoms with Crippen molar-refractivity contribution in [2.75, 3.05) is 5.32 Å². The van der Waals surface area contributed by atoms with Gasteiger partial charge in [-0.1, -0.05) is 12.1 Å². The second kappa shape index (κ2) is 9.27. The number of anilines is 1. The van der Waals surface area contributed by atoms with Crippen molar-refractivity contribution in [3.05, 3.63) is 84.3 Å². The van der Waals surface area contributed by atoms with E-state index in [0.29, 0.717) is 17.0 Å². The first-order valence-electron chi connectivity index (χ1n) is 8.87. The fraction of sp³-hybridized carbons (Fsp3) is 0.0500. The van der Waals surface area contributed by atoms with Gasteiger partial charge in [0.15, 0.2) is 0 Å². The van der Waals surface area contributed by atoms with Gasteiger partial charge in [0.1, 0.15) is 5.76 Å². The van der Waals surface area contributed by atoms with Gasteiger partial charge in [-0.2, -0.15) is 0 Å². The highest BCUT2D eigenvalue weighted by Gasteiger charge is 2.14. The van der Waals surface area contributed by atoms with Crippen molar-refractivity contribution in [3.63, 3.8) is 0 Å². The van der Waals surface area contributed by atoms with Crippen LogP contribution in [-0.4, -0.2) is 22.7 Å². The Labute approximate surface area is 179 Å². The van der Waals surface area contributed by atoms with Crippen LogP contribution in [0.1, 0.15) is 11.3 Å². The summed E-state index contributed by atoms with van der Waals surface area (Å²) in [7, 11) is -7.51. The maximum Gasteiger partial charge on any atom is 0.248 e. The van der Waals surface area contributed by atoms with E-state index in [0.717, 1.165) is 0 Å². The Kier molecular flexibility index (Phi) is 6.71. The van der Waals surface area contributed by atoms with Gasteiger partial charge < -0.3 is 9.73 Å². The molecule has 0 atom stereocenters. The number of benzene rings is 2. The molecule has 31 heavy (non-hydrogen) atoms. The zero-order chi connectivity index (χ0) is 22.5. The molecule has 3 rings (SSSR count). The second-order valence-corrected chi connectivity index (χ2v) is 9.69. The Morgan fingerprint density at radius 2 is 1.58 bits per heavy atom. The smallest absolute Gasteiger partial charge is 0.248 e. The van der Waals surface area contributed by atoms with Crippen LogP contribution in [0.4, 0.5) is 5.69 Å². The van der Waals surface area contributed by atoms with Crippen molar-refractivity contribution < 1.29 is 26.0 Å². The number of amides is 1. The number of primary sulfonamides is 1. The maximum absolute atomic E-state index is 12.3. The lowest BCUT2D eigenvalue weighted by atomic mass is 10.2. The number of sulfonamides is 2. The Morgan fingerprint density at radius 1 is 0.935 bits per heavy atom. The molecule has 1 aromatic heterocycles. The molecule has 2 aromatic carbocycles. The van der Waals surface area contributed by atoms with E-state index in [1.54, 1.807) is 24.3 Å². The van der Waals surface area contributed by atoms with Crippen LogP contribution in [0.5, 0.6) is 0 Å². The second-order valence-electron chi connectivity index (χ2n) is 6.36. The molecule has 0 fully saturated rings. The Morgan fingerprint density at radius 3 is 2.16 bits per heavy atom. The van der Waals surface area contributed by atoms with Crippen LogP contribution < -0.4 is 15.2 Å². The van der Waals surface area contributed by atoms with Gasteiger partial charge >= 0.3 is 0 Å². The first-order chi connectivity index (χ1) is 14.6. The monoisotopic (exact) mass is 461 g/mol. The van der Waals surface area contributed by atoms with E-state index in [9.17, 15) is 21.6 Å². The Bertz CT molecular complexity index is 1280. The van der Waals surface area contributed by atoms with Gasteiger partial charge in [0, 0.05) is 11.8 Å². The summed E-state index contributed by atoms with van der Waals surface area (Å²) in [4.78, 5) is 12.1. The van der Waals surface area contributed by atoms with Crippen LogP contribution in [0, 0.1) is 0 Å². The zero-order valence-electron chi connectivity index (χ0n) is 16.1. The lowest BCUT2D eigenvalue weighted by molar-refractivity contribution is -0.111. The van der Waals surface area contributed by atoms with E-state index in [4.69, 9.17) is 9.56 Å². The van der Waals surface area contributed by atoms with E-state index in [2.05, 4.69) is 10.0 Å². The van der Waals surface area contributed by atoms with Crippen molar-refractivity contribution in [3.8, 4) is 0 Å². The molecule has 0 bridgehead atoms. The van der Waals surface area contributed by atoms with Crippen LogP contribution >= 0.6 is 0 Å². The minimum Gasteiger partial charge on any atom is -0.468 e. The number of carbonyl (C=O) groups excluding carboxylic acids is 1. The minimum atomic E-state index is -3.80. The van der Waals surface area contributed by atoms with Crippen molar-refractivity contribution in [1.29, 1.82) is 0 Å². The molecule has 9 nitrogen and oxygen atoms in total. The van der Waals surface area contributed by atoms with Crippen molar-refractivity contribution in [2.24, 2.45) is 5.14 Å². The average Bonchev–Trinajstić information content (AvgIpc) is 3.25. The molecule has 0 aliphatic heterocycles. The van der Waals surface area contributed by atoms with Crippen LogP contribution in [0.15, 0.2) is 87.2 Å². The molecule has 3 aromatic rings. The summed E-state index contributed by atoms with van der Waals surface area (Å²) in [6.45, 7) is 0.0371. The van der Waals surface area contributed by atoms with Crippen LogP contribution in [-0.2, 0) is 31.4 Å². The van der Waals surface area contributed by atoms with E-state index in [1.165, 1.54) is 54.8 Å². The fourth-order valence-corrected chi connectivity index (χ4v) is 4.01. The summed E-state index contributed by atoms with van der Waals surface area (Å²) in [5.41, 5.74) is 1.01. The number of hydrogen-bond donors (Lipinski definition) is 3. The van der Waals surface area contributed by atoms with Crippen LogP contribution in [0.25, 0.3) is 6.08 Å². The number of nitrogens with one attached hydrogen (secondary N) is 2. The lowest BCUT2D eigenvalue weighted by Crippen LogP contribution is -2.22. The molecule has 0 aliphatic carbocycles. The highest BCUT2D eigenvalue weighted by Crippen LogP contribution is 2.14. The number of rotatable bonds is 8. The fourth-order valence-electron chi connectivity index (χ4n) is 2.50.